The minimum Gasteiger partial charge on any atom is -0.396 e. The van der Waals surface area contributed by atoms with E-state index < -0.39 is 23.1 Å². The van der Waals surface area contributed by atoms with Gasteiger partial charge < -0.3 is 11.1 Å². The molecule has 1 aliphatic rings. The fourth-order valence-corrected chi connectivity index (χ4v) is 3.15. The zero-order valence-corrected chi connectivity index (χ0v) is 12.5. The van der Waals surface area contributed by atoms with Crippen LogP contribution < -0.4 is 11.1 Å². The Labute approximate surface area is 123 Å². The molecule has 1 aromatic carbocycles. The maximum atomic E-state index is 13.9. The number of nitrogens with one attached hydrogen (secondary N) is 1. The normalized spacial score (nSPS) is 22.3. The van der Waals surface area contributed by atoms with Crippen molar-refractivity contribution in [2.24, 2.45) is 11.8 Å². The largest absolute Gasteiger partial charge is 0.396 e. The number of amides is 1. The smallest absolute Gasteiger partial charge is 0.257 e. The van der Waals surface area contributed by atoms with E-state index in [-0.39, 0.29) is 11.7 Å². The predicted octanol–water partition coefficient (Wildman–Crippen LogP) is 3.49. The van der Waals surface area contributed by atoms with Crippen molar-refractivity contribution in [1.82, 2.24) is 5.32 Å². The predicted molar refractivity (Wildman–Crippen MR) is 78.8 cm³/mol. The summed E-state index contributed by atoms with van der Waals surface area (Å²) >= 11 is 0. The highest BCUT2D eigenvalue weighted by atomic mass is 19.1. The molecule has 1 aliphatic carbocycles. The molecule has 0 aromatic heterocycles. The van der Waals surface area contributed by atoms with Gasteiger partial charge in [0.2, 0.25) is 0 Å². The first kappa shape index (κ1) is 15.7. The van der Waals surface area contributed by atoms with Crippen LogP contribution in [0.5, 0.6) is 0 Å². The SMILES string of the molecule is CC(C)C1CCCCC1NC(=O)c1c(F)ccc(N)c1F. The second kappa shape index (κ2) is 6.41. The fraction of sp³-hybridized carbons (Fsp3) is 0.562. The Morgan fingerprint density at radius 2 is 1.95 bits per heavy atom. The third-order valence-electron chi connectivity index (χ3n) is 4.34. The molecule has 1 amide bonds. The van der Waals surface area contributed by atoms with Crippen molar-refractivity contribution in [3.05, 3.63) is 29.3 Å². The van der Waals surface area contributed by atoms with Crippen LogP contribution in [0.2, 0.25) is 0 Å². The molecule has 2 atom stereocenters. The average Bonchev–Trinajstić information content (AvgIpc) is 2.43. The van der Waals surface area contributed by atoms with Crippen LogP contribution in [0.25, 0.3) is 0 Å². The number of anilines is 1. The molecule has 0 bridgehead atoms. The van der Waals surface area contributed by atoms with Crippen LogP contribution in [-0.2, 0) is 0 Å². The van der Waals surface area contributed by atoms with Gasteiger partial charge in [-0.25, -0.2) is 8.78 Å². The van der Waals surface area contributed by atoms with Gasteiger partial charge in [0.05, 0.1) is 5.69 Å². The summed E-state index contributed by atoms with van der Waals surface area (Å²) in [6, 6.07) is 2.11. The van der Waals surface area contributed by atoms with E-state index in [0.29, 0.717) is 11.8 Å². The Bertz CT molecular complexity index is 531. The van der Waals surface area contributed by atoms with Crippen LogP contribution in [-0.4, -0.2) is 11.9 Å². The molecule has 21 heavy (non-hydrogen) atoms. The zero-order valence-electron chi connectivity index (χ0n) is 12.5. The number of carbonyl (C=O) groups is 1. The fourth-order valence-electron chi connectivity index (χ4n) is 3.15. The van der Waals surface area contributed by atoms with Gasteiger partial charge in [-0.1, -0.05) is 26.7 Å². The van der Waals surface area contributed by atoms with Crippen LogP contribution in [0.3, 0.4) is 0 Å². The van der Waals surface area contributed by atoms with Crippen LogP contribution >= 0.6 is 0 Å². The Morgan fingerprint density at radius 3 is 2.62 bits per heavy atom. The molecular formula is C16H22F2N2O. The molecule has 1 saturated carbocycles. The lowest BCUT2D eigenvalue weighted by Gasteiger charge is -2.35. The number of hydrogen-bond acceptors (Lipinski definition) is 2. The number of nitrogen functional groups attached to an aromatic ring is 1. The summed E-state index contributed by atoms with van der Waals surface area (Å²) in [6.45, 7) is 4.22. The molecule has 3 N–H and O–H groups in total. The summed E-state index contributed by atoms with van der Waals surface area (Å²) in [6.07, 6.45) is 4.04. The maximum absolute atomic E-state index is 13.9. The zero-order chi connectivity index (χ0) is 15.6. The molecule has 0 radical (unpaired) electrons. The summed E-state index contributed by atoms with van der Waals surface area (Å²) in [5, 5.41) is 2.80. The van der Waals surface area contributed by atoms with E-state index in [4.69, 9.17) is 5.73 Å². The molecule has 5 heteroatoms. The lowest BCUT2D eigenvalue weighted by Crippen LogP contribution is -2.44. The molecule has 2 unspecified atom stereocenters. The molecule has 2 rings (SSSR count). The van der Waals surface area contributed by atoms with Crippen LogP contribution in [0, 0.1) is 23.5 Å². The van der Waals surface area contributed by atoms with Crippen molar-refractivity contribution in [2.45, 2.75) is 45.6 Å². The van der Waals surface area contributed by atoms with E-state index in [0.717, 1.165) is 37.8 Å². The Balaban J connectivity index is 2.19. The molecule has 0 heterocycles. The number of rotatable bonds is 3. The first-order valence-corrected chi connectivity index (χ1v) is 7.46. The monoisotopic (exact) mass is 296 g/mol. The first-order valence-electron chi connectivity index (χ1n) is 7.46. The maximum Gasteiger partial charge on any atom is 0.257 e. The molecule has 1 fully saturated rings. The molecule has 0 aliphatic heterocycles. The summed E-state index contributed by atoms with van der Waals surface area (Å²) in [7, 11) is 0. The van der Waals surface area contributed by atoms with Crippen molar-refractivity contribution in [2.75, 3.05) is 5.73 Å². The van der Waals surface area contributed by atoms with Crippen molar-refractivity contribution >= 4 is 11.6 Å². The van der Waals surface area contributed by atoms with Gasteiger partial charge in [-0.15, -0.1) is 0 Å². The molecular weight excluding hydrogens is 274 g/mol. The van der Waals surface area contributed by atoms with Crippen LogP contribution in [0.4, 0.5) is 14.5 Å². The molecule has 0 saturated heterocycles. The van der Waals surface area contributed by atoms with Crippen molar-refractivity contribution in [3.8, 4) is 0 Å². The summed E-state index contributed by atoms with van der Waals surface area (Å²) < 4.78 is 27.6. The van der Waals surface area contributed by atoms with Crippen molar-refractivity contribution in [3.63, 3.8) is 0 Å². The van der Waals surface area contributed by atoms with Crippen LogP contribution in [0.15, 0.2) is 12.1 Å². The van der Waals surface area contributed by atoms with Crippen LogP contribution in [0.1, 0.15) is 49.9 Å². The Hall–Kier alpha value is -1.65. The minimum absolute atomic E-state index is 0.0357. The third-order valence-corrected chi connectivity index (χ3v) is 4.34. The second-order valence-electron chi connectivity index (χ2n) is 6.10. The van der Waals surface area contributed by atoms with Gasteiger partial charge in [0.25, 0.3) is 5.91 Å². The van der Waals surface area contributed by atoms with E-state index in [1.54, 1.807) is 0 Å². The second-order valence-corrected chi connectivity index (χ2v) is 6.10. The van der Waals surface area contributed by atoms with E-state index in [1.807, 2.05) is 0 Å². The van der Waals surface area contributed by atoms with E-state index in [2.05, 4.69) is 19.2 Å². The third kappa shape index (κ3) is 3.34. The number of hydrogen-bond donors (Lipinski definition) is 2. The van der Waals surface area contributed by atoms with E-state index >= 15 is 0 Å². The minimum atomic E-state index is -0.982. The molecule has 116 valence electrons. The topological polar surface area (TPSA) is 55.1 Å². The summed E-state index contributed by atoms with van der Waals surface area (Å²) in [4.78, 5) is 12.2. The summed E-state index contributed by atoms with van der Waals surface area (Å²) in [5.41, 5.74) is 4.62. The number of carbonyl (C=O) groups excluding carboxylic acids is 1. The lowest BCUT2D eigenvalue weighted by molar-refractivity contribution is 0.0880. The Kier molecular flexibility index (Phi) is 4.80. The van der Waals surface area contributed by atoms with Crippen molar-refractivity contribution in [1.29, 1.82) is 0 Å². The first-order chi connectivity index (χ1) is 9.91. The number of nitrogens with two attached hydrogens (primary N) is 1. The van der Waals surface area contributed by atoms with E-state index in [1.165, 1.54) is 0 Å². The Morgan fingerprint density at radius 1 is 1.29 bits per heavy atom. The molecule has 3 nitrogen and oxygen atoms in total. The van der Waals surface area contributed by atoms with E-state index in [9.17, 15) is 13.6 Å². The summed E-state index contributed by atoms with van der Waals surface area (Å²) in [5.74, 6) is -1.81. The average molecular weight is 296 g/mol. The highest BCUT2D eigenvalue weighted by Gasteiger charge is 2.30. The highest BCUT2D eigenvalue weighted by molar-refractivity contribution is 5.95. The van der Waals surface area contributed by atoms with Gasteiger partial charge in [0.1, 0.15) is 11.4 Å². The number of halogens is 2. The van der Waals surface area contributed by atoms with Gasteiger partial charge in [0.15, 0.2) is 5.82 Å². The lowest BCUT2D eigenvalue weighted by atomic mass is 9.78. The van der Waals surface area contributed by atoms with Gasteiger partial charge in [-0.05, 0) is 36.8 Å². The van der Waals surface area contributed by atoms with Crippen molar-refractivity contribution < 1.29 is 13.6 Å². The molecule has 0 spiro atoms. The quantitative estimate of drug-likeness (QED) is 0.839. The highest BCUT2D eigenvalue weighted by Crippen LogP contribution is 2.30. The van der Waals surface area contributed by atoms with Gasteiger partial charge in [0, 0.05) is 6.04 Å². The van der Waals surface area contributed by atoms with Gasteiger partial charge in [-0.2, -0.15) is 0 Å². The molecule has 1 aromatic rings. The standard InChI is InChI=1S/C16H22F2N2O/c1-9(2)10-5-3-4-6-13(10)20-16(21)14-11(17)7-8-12(19)15(14)18/h7-10,13H,3-6,19H2,1-2H3,(H,20,21). The van der Waals surface area contributed by atoms with Gasteiger partial charge >= 0.3 is 0 Å². The number of benzene rings is 1. The van der Waals surface area contributed by atoms with Gasteiger partial charge in [-0.3, -0.25) is 4.79 Å².